The molecule has 0 amide bonds. The average molecular weight is 358 g/mol. The van der Waals surface area contributed by atoms with Gasteiger partial charge in [-0.3, -0.25) is 9.40 Å². The fraction of sp³-hybridized carbons (Fsp3) is 0.308. The van der Waals surface area contributed by atoms with Gasteiger partial charge in [0.2, 0.25) is 0 Å². The first kappa shape index (κ1) is 15.1. The molecule has 1 N–H and O–H groups in total. The Kier molecular flexibility index (Phi) is 3.93. The lowest BCUT2D eigenvalue weighted by molar-refractivity contribution is 0.601. The van der Waals surface area contributed by atoms with Crippen molar-refractivity contribution in [2.45, 2.75) is 25.7 Å². The quantitative estimate of drug-likeness (QED) is 0.918. The fourth-order valence-electron chi connectivity index (χ4n) is 1.90. The maximum Gasteiger partial charge on any atom is 0.262 e. The van der Waals surface area contributed by atoms with Crippen LogP contribution in [0.15, 0.2) is 27.6 Å². The van der Waals surface area contributed by atoms with Crippen molar-refractivity contribution in [2.75, 3.05) is 4.72 Å². The molecule has 0 bridgehead atoms. The van der Waals surface area contributed by atoms with Crippen LogP contribution in [0.25, 0.3) is 0 Å². The summed E-state index contributed by atoms with van der Waals surface area (Å²) in [6.07, 6.45) is 0. The molecule has 2 rings (SSSR count). The Bertz CT molecular complexity index is 766. The number of benzene rings is 1. The number of halogens is 1. The number of aryl methyl sites for hydroxylation is 3. The lowest BCUT2D eigenvalue weighted by Gasteiger charge is -2.09. The van der Waals surface area contributed by atoms with Gasteiger partial charge in [-0.2, -0.15) is 5.10 Å². The summed E-state index contributed by atoms with van der Waals surface area (Å²) in [5.41, 5.74) is 2.84. The normalized spacial score (nSPS) is 11.7. The number of sulfonamides is 1. The van der Waals surface area contributed by atoms with Crippen LogP contribution in [0.2, 0.25) is 0 Å². The summed E-state index contributed by atoms with van der Waals surface area (Å²) in [7, 11) is -1.83. The average Bonchev–Trinajstić information content (AvgIpc) is 2.59. The number of rotatable bonds is 3. The first-order valence-electron chi connectivity index (χ1n) is 6.01. The number of hydrogen-bond acceptors (Lipinski definition) is 3. The van der Waals surface area contributed by atoms with Crippen molar-refractivity contribution >= 4 is 31.6 Å². The molecule has 1 aromatic heterocycles. The second kappa shape index (κ2) is 5.21. The number of anilines is 1. The van der Waals surface area contributed by atoms with E-state index in [2.05, 4.69) is 25.8 Å². The van der Waals surface area contributed by atoms with E-state index in [1.54, 1.807) is 36.9 Å². The molecule has 0 atom stereocenters. The van der Waals surface area contributed by atoms with Crippen LogP contribution < -0.4 is 4.72 Å². The van der Waals surface area contributed by atoms with E-state index in [9.17, 15) is 8.42 Å². The second-order valence-corrected chi connectivity index (χ2v) is 7.22. The number of nitrogens with zero attached hydrogens (tertiary/aromatic N) is 2. The summed E-state index contributed by atoms with van der Waals surface area (Å²) in [6, 6.07) is 4.93. The minimum absolute atomic E-state index is 0.237. The molecule has 0 fully saturated rings. The molecule has 20 heavy (non-hydrogen) atoms. The minimum atomic E-state index is -3.61. The highest BCUT2D eigenvalue weighted by Crippen LogP contribution is 2.25. The zero-order valence-corrected chi connectivity index (χ0v) is 14.1. The first-order valence-corrected chi connectivity index (χ1v) is 8.29. The van der Waals surface area contributed by atoms with Crippen LogP contribution in [-0.4, -0.2) is 18.2 Å². The number of aromatic nitrogens is 2. The summed E-state index contributed by atoms with van der Waals surface area (Å²) in [5, 5.41) is 4.20. The molecule has 0 aliphatic rings. The van der Waals surface area contributed by atoms with Crippen LogP contribution in [0.4, 0.5) is 5.69 Å². The molecule has 1 heterocycles. The second-order valence-electron chi connectivity index (χ2n) is 4.69. The molecule has 0 radical (unpaired) electrons. The predicted molar refractivity (Wildman–Crippen MR) is 82.4 cm³/mol. The van der Waals surface area contributed by atoms with Crippen LogP contribution in [0.3, 0.4) is 0 Å². The van der Waals surface area contributed by atoms with E-state index in [-0.39, 0.29) is 4.90 Å². The molecule has 1 aromatic carbocycles. The van der Waals surface area contributed by atoms with E-state index in [4.69, 9.17) is 0 Å². The Morgan fingerprint density at radius 1 is 1.25 bits per heavy atom. The van der Waals surface area contributed by atoms with Gasteiger partial charge in [-0.05, 0) is 44.5 Å². The van der Waals surface area contributed by atoms with Crippen molar-refractivity contribution in [3.05, 3.63) is 39.6 Å². The molecule has 0 unspecified atom stereocenters. The Morgan fingerprint density at radius 3 is 2.40 bits per heavy atom. The summed E-state index contributed by atoms with van der Waals surface area (Å²) < 4.78 is 30.0. The summed E-state index contributed by atoms with van der Waals surface area (Å²) in [4.78, 5) is 0.237. The van der Waals surface area contributed by atoms with Gasteiger partial charge in [0, 0.05) is 11.5 Å². The molecule has 0 saturated carbocycles. The lowest BCUT2D eigenvalue weighted by atomic mass is 10.2. The third-order valence-corrected chi connectivity index (χ3v) is 5.42. The van der Waals surface area contributed by atoms with Gasteiger partial charge in [0.15, 0.2) is 0 Å². The van der Waals surface area contributed by atoms with Gasteiger partial charge < -0.3 is 0 Å². The van der Waals surface area contributed by atoms with Crippen LogP contribution in [0.5, 0.6) is 0 Å². The van der Waals surface area contributed by atoms with Crippen LogP contribution in [0, 0.1) is 20.8 Å². The molecule has 108 valence electrons. The Morgan fingerprint density at radius 2 is 1.90 bits per heavy atom. The van der Waals surface area contributed by atoms with E-state index in [0.29, 0.717) is 11.4 Å². The molecule has 7 heteroatoms. The third-order valence-electron chi connectivity index (χ3n) is 3.19. The molecule has 0 aliphatic carbocycles. The number of nitrogens with one attached hydrogen (secondary N) is 1. The van der Waals surface area contributed by atoms with Gasteiger partial charge in [-0.25, -0.2) is 8.42 Å². The first-order chi connectivity index (χ1) is 9.22. The Labute approximate surface area is 127 Å². The highest BCUT2D eigenvalue weighted by atomic mass is 79.9. The van der Waals surface area contributed by atoms with E-state index in [0.717, 1.165) is 15.7 Å². The van der Waals surface area contributed by atoms with Crippen molar-refractivity contribution in [3.8, 4) is 0 Å². The smallest absolute Gasteiger partial charge is 0.262 e. The molecule has 0 aliphatic heterocycles. The van der Waals surface area contributed by atoms with E-state index in [1.165, 1.54) is 0 Å². The SMILES string of the molecule is Cc1cc(S(=O)(=O)Nc2c(C)nn(C)c2C)ccc1Br. The van der Waals surface area contributed by atoms with Crippen molar-refractivity contribution in [1.29, 1.82) is 0 Å². The van der Waals surface area contributed by atoms with Gasteiger partial charge in [0.25, 0.3) is 10.0 Å². The van der Waals surface area contributed by atoms with E-state index >= 15 is 0 Å². The number of hydrogen-bond donors (Lipinski definition) is 1. The Hall–Kier alpha value is -1.34. The molecule has 5 nitrogen and oxygen atoms in total. The van der Waals surface area contributed by atoms with E-state index < -0.39 is 10.0 Å². The highest BCUT2D eigenvalue weighted by molar-refractivity contribution is 9.10. The zero-order chi connectivity index (χ0) is 15.1. The third kappa shape index (κ3) is 2.73. The summed E-state index contributed by atoms with van der Waals surface area (Å²) in [5.74, 6) is 0. The van der Waals surface area contributed by atoms with Crippen LogP contribution in [0.1, 0.15) is 17.0 Å². The predicted octanol–water partition coefficient (Wildman–Crippen LogP) is 2.91. The van der Waals surface area contributed by atoms with Crippen LogP contribution in [-0.2, 0) is 17.1 Å². The Balaban J connectivity index is 2.43. The molecular formula is C13H16BrN3O2S. The minimum Gasteiger partial charge on any atom is -0.276 e. The van der Waals surface area contributed by atoms with Gasteiger partial charge in [-0.15, -0.1) is 0 Å². The van der Waals surface area contributed by atoms with Crippen LogP contribution >= 0.6 is 15.9 Å². The summed E-state index contributed by atoms with van der Waals surface area (Å²) in [6.45, 7) is 5.45. The summed E-state index contributed by atoms with van der Waals surface area (Å²) >= 11 is 3.36. The molecule has 0 saturated heterocycles. The molecule has 2 aromatic rings. The topological polar surface area (TPSA) is 64.0 Å². The van der Waals surface area contributed by atoms with Gasteiger partial charge in [0.05, 0.1) is 22.0 Å². The van der Waals surface area contributed by atoms with Gasteiger partial charge in [-0.1, -0.05) is 15.9 Å². The monoisotopic (exact) mass is 357 g/mol. The molecule has 0 spiro atoms. The van der Waals surface area contributed by atoms with Crippen molar-refractivity contribution in [2.24, 2.45) is 7.05 Å². The maximum absolute atomic E-state index is 12.4. The lowest BCUT2D eigenvalue weighted by Crippen LogP contribution is -2.14. The standard InChI is InChI=1S/C13H16BrN3O2S/c1-8-7-11(5-6-12(8)14)20(18,19)16-13-9(2)15-17(4)10(13)3/h5-7,16H,1-4H3. The zero-order valence-electron chi connectivity index (χ0n) is 11.7. The van der Waals surface area contributed by atoms with E-state index in [1.807, 2.05) is 13.8 Å². The largest absolute Gasteiger partial charge is 0.276 e. The highest BCUT2D eigenvalue weighted by Gasteiger charge is 2.19. The van der Waals surface area contributed by atoms with Gasteiger partial charge in [0.1, 0.15) is 0 Å². The van der Waals surface area contributed by atoms with Gasteiger partial charge >= 0.3 is 0 Å². The molecular weight excluding hydrogens is 342 g/mol. The fourth-order valence-corrected chi connectivity index (χ4v) is 3.41. The maximum atomic E-state index is 12.4. The van der Waals surface area contributed by atoms with Crippen molar-refractivity contribution in [3.63, 3.8) is 0 Å². The van der Waals surface area contributed by atoms with Crippen molar-refractivity contribution in [1.82, 2.24) is 9.78 Å². The van der Waals surface area contributed by atoms with Crippen molar-refractivity contribution < 1.29 is 8.42 Å².